The van der Waals surface area contributed by atoms with Gasteiger partial charge in [-0.2, -0.15) is 0 Å². The molecule has 0 radical (unpaired) electrons. The van der Waals surface area contributed by atoms with Gasteiger partial charge < -0.3 is 10.3 Å². The lowest BCUT2D eigenvalue weighted by Gasteiger charge is -2.26. The van der Waals surface area contributed by atoms with Crippen molar-refractivity contribution in [3.8, 4) is 0 Å². The standard InChI is InChI=1S/C17H23N3/c1-13(18)11-17-19-9-10-20(17)12-15-7-4-6-14-5-2-3-8-16(14)15/h2-3,5,8-10,13,15H,4,6-7,11-12,18H2,1H3. The molecule has 2 unspecified atom stereocenters. The minimum Gasteiger partial charge on any atom is -0.334 e. The lowest BCUT2D eigenvalue weighted by molar-refractivity contribution is 0.470. The number of imidazole rings is 1. The van der Waals surface area contributed by atoms with Gasteiger partial charge in [-0.15, -0.1) is 0 Å². The van der Waals surface area contributed by atoms with Crippen LogP contribution >= 0.6 is 0 Å². The summed E-state index contributed by atoms with van der Waals surface area (Å²) < 4.78 is 2.29. The Morgan fingerprint density at radius 1 is 1.40 bits per heavy atom. The highest BCUT2D eigenvalue weighted by Crippen LogP contribution is 2.32. The van der Waals surface area contributed by atoms with Gasteiger partial charge in [0.2, 0.25) is 0 Å². The summed E-state index contributed by atoms with van der Waals surface area (Å²) in [5, 5.41) is 0. The van der Waals surface area contributed by atoms with Crippen molar-refractivity contribution in [3.05, 3.63) is 53.6 Å². The number of benzene rings is 1. The second kappa shape index (κ2) is 5.80. The molecule has 0 spiro atoms. The molecule has 106 valence electrons. The molecule has 0 saturated carbocycles. The topological polar surface area (TPSA) is 43.8 Å². The van der Waals surface area contributed by atoms with Crippen LogP contribution in [0.5, 0.6) is 0 Å². The quantitative estimate of drug-likeness (QED) is 0.927. The molecule has 1 aliphatic carbocycles. The average Bonchev–Trinajstić information content (AvgIpc) is 2.86. The summed E-state index contributed by atoms with van der Waals surface area (Å²) in [7, 11) is 0. The van der Waals surface area contributed by atoms with Crippen LogP contribution in [-0.2, 0) is 19.4 Å². The number of nitrogens with zero attached hydrogens (tertiary/aromatic N) is 2. The van der Waals surface area contributed by atoms with Crippen molar-refractivity contribution in [2.45, 2.75) is 51.1 Å². The first kappa shape index (κ1) is 13.4. The van der Waals surface area contributed by atoms with E-state index in [1.54, 1.807) is 0 Å². The smallest absolute Gasteiger partial charge is 0.110 e. The van der Waals surface area contributed by atoms with Gasteiger partial charge in [-0.3, -0.25) is 0 Å². The third kappa shape index (κ3) is 2.78. The third-order valence-electron chi connectivity index (χ3n) is 4.22. The van der Waals surface area contributed by atoms with Crippen molar-refractivity contribution in [2.24, 2.45) is 5.73 Å². The summed E-state index contributed by atoms with van der Waals surface area (Å²) in [6, 6.07) is 9.04. The van der Waals surface area contributed by atoms with E-state index in [1.165, 1.54) is 30.4 Å². The molecular weight excluding hydrogens is 246 g/mol. The lowest BCUT2D eigenvalue weighted by Crippen LogP contribution is -2.22. The van der Waals surface area contributed by atoms with E-state index < -0.39 is 0 Å². The monoisotopic (exact) mass is 269 g/mol. The van der Waals surface area contributed by atoms with E-state index in [1.807, 2.05) is 13.1 Å². The van der Waals surface area contributed by atoms with Gasteiger partial charge in [-0.05, 0) is 37.3 Å². The first-order valence-electron chi connectivity index (χ1n) is 7.57. The van der Waals surface area contributed by atoms with Crippen LogP contribution in [0.2, 0.25) is 0 Å². The van der Waals surface area contributed by atoms with Crippen LogP contribution in [0.15, 0.2) is 36.7 Å². The molecule has 20 heavy (non-hydrogen) atoms. The molecule has 1 aromatic heterocycles. The van der Waals surface area contributed by atoms with E-state index in [4.69, 9.17) is 5.73 Å². The molecule has 1 aromatic carbocycles. The predicted molar refractivity (Wildman–Crippen MR) is 81.7 cm³/mol. The SMILES string of the molecule is CC(N)Cc1nccn1CC1CCCc2ccccc21. The van der Waals surface area contributed by atoms with Gasteiger partial charge in [0.1, 0.15) is 5.82 Å². The molecule has 0 fully saturated rings. The van der Waals surface area contributed by atoms with Gasteiger partial charge in [0.15, 0.2) is 0 Å². The zero-order valence-electron chi connectivity index (χ0n) is 12.1. The van der Waals surface area contributed by atoms with E-state index in [9.17, 15) is 0 Å². The molecule has 1 aliphatic rings. The second-order valence-electron chi connectivity index (χ2n) is 5.97. The van der Waals surface area contributed by atoms with Gasteiger partial charge in [0.25, 0.3) is 0 Å². The minimum absolute atomic E-state index is 0.162. The highest BCUT2D eigenvalue weighted by Gasteiger charge is 2.21. The van der Waals surface area contributed by atoms with Gasteiger partial charge >= 0.3 is 0 Å². The molecule has 1 heterocycles. The molecule has 3 heteroatoms. The Hall–Kier alpha value is -1.61. The summed E-state index contributed by atoms with van der Waals surface area (Å²) >= 11 is 0. The number of rotatable bonds is 4. The molecule has 0 aliphatic heterocycles. The molecule has 3 rings (SSSR count). The van der Waals surface area contributed by atoms with Crippen molar-refractivity contribution in [1.29, 1.82) is 0 Å². The van der Waals surface area contributed by atoms with E-state index in [0.29, 0.717) is 5.92 Å². The summed E-state index contributed by atoms with van der Waals surface area (Å²) in [6.07, 6.45) is 8.62. The lowest BCUT2D eigenvalue weighted by atomic mass is 9.83. The molecule has 2 N–H and O–H groups in total. The average molecular weight is 269 g/mol. The number of hydrogen-bond acceptors (Lipinski definition) is 2. The van der Waals surface area contributed by atoms with Crippen molar-refractivity contribution in [2.75, 3.05) is 0 Å². The maximum atomic E-state index is 5.91. The summed E-state index contributed by atoms with van der Waals surface area (Å²) in [5.74, 6) is 1.73. The van der Waals surface area contributed by atoms with E-state index in [2.05, 4.69) is 40.0 Å². The number of aryl methyl sites for hydroxylation is 1. The minimum atomic E-state index is 0.162. The zero-order chi connectivity index (χ0) is 13.9. The highest BCUT2D eigenvalue weighted by atomic mass is 15.1. The first-order valence-corrected chi connectivity index (χ1v) is 7.57. The van der Waals surface area contributed by atoms with Crippen LogP contribution in [-0.4, -0.2) is 15.6 Å². The molecule has 3 nitrogen and oxygen atoms in total. The maximum absolute atomic E-state index is 5.91. The van der Waals surface area contributed by atoms with Crippen molar-refractivity contribution < 1.29 is 0 Å². The van der Waals surface area contributed by atoms with Crippen LogP contribution in [0.25, 0.3) is 0 Å². The molecule has 0 saturated heterocycles. The Morgan fingerprint density at radius 3 is 3.10 bits per heavy atom. The Balaban J connectivity index is 1.81. The van der Waals surface area contributed by atoms with Crippen LogP contribution in [0, 0.1) is 0 Å². The van der Waals surface area contributed by atoms with Gasteiger partial charge in [-0.25, -0.2) is 4.98 Å². The normalized spacial score (nSPS) is 19.6. The van der Waals surface area contributed by atoms with E-state index in [0.717, 1.165) is 18.8 Å². The number of aromatic nitrogens is 2. The van der Waals surface area contributed by atoms with Gasteiger partial charge in [0, 0.05) is 37.3 Å². The van der Waals surface area contributed by atoms with Crippen LogP contribution in [0.3, 0.4) is 0 Å². The Kier molecular flexibility index (Phi) is 3.88. The number of fused-ring (bicyclic) bond motifs is 1. The van der Waals surface area contributed by atoms with Crippen LogP contribution < -0.4 is 5.73 Å². The zero-order valence-corrected chi connectivity index (χ0v) is 12.1. The fourth-order valence-corrected chi connectivity index (χ4v) is 3.27. The van der Waals surface area contributed by atoms with Crippen LogP contribution in [0.4, 0.5) is 0 Å². The molecular formula is C17H23N3. The van der Waals surface area contributed by atoms with Crippen molar-refractivity contribution in [1.82, 2.24) is 9.55 Å². The fraction of sp³-hybridized carbons (Fsp3) is 0.471. The third-order valence-corrected chi connectivity index (χ3v) is 4.22. The maximum Gasteiger partial charge on any atom is 0.110 e. The molecule has 0 amide bonds. The molecule has 0 bridgehead atoms. The predicted octanol–water partition coefficient (Wildman–Crippen LogP) is 2.89. The van der Waals surface area contributed by atoms with Gasteiger partial charge in [0.05, 0.1) is 0 Å². The van der Waals surface area contributed by atoms with Gasteiger partial charge in [-0.1, -0.05) is 24.3 Å². The largest absolute Gasteiger partial charge is 0.334 e. The Labute approximate surface area is 120 Å². The molecule has 2 aromatic rings. The van der Waals surface area contributed by atoms with Crippen LogP contribution in [0.1, 0.15) is 42.6 Å². The van der Waals surface area contributed by atoms with E-state index >= 15 is 0 Å². The number of hydrogen-bond donors (Lipinski definition) is 1. The summed E-state index contributed by atoms with van der Waals surface area (Å²) in [5.41, 5.74) is 8.96. The van der Waals surface area contributed by atoms with Crippen molar-refractivity contribution in [3.63, 3.8) is 0 Å². The second-order valence-corrected chi connectivity index (χ2v) is 5.97. The molecule has 2 atom stereocenters. The Bertz CT molecular complexity index is 571. The van der Waals surface area contributed by atoms with Crippen molar-refractivity contribution >= 4 is 0 Å². The fourth-order valence-electron chi connectivity index (χ4n) is 3.27. The summed E-state index contributed by atoms with van der Waals surface area (Å²) in [6.45, 7) is 3.06. The van der Waals surface area contributed by atoms with E-state index in [-0.39, 0.29) is 6.04 Å². The highest BCUT2D eigenvalue weighted by molar-refractivity contribution is 5.32. The number of nitrogens with two attached hydrogens (primary N) is 1. The summed E-state index contributed by atoms with van der Waals surface area (Å²) in [4.78, 5) is 4.46. The first-order chi connectivity index (χ1) is 9.74. The Morgan fingerprint density at radius 2 is 2.25 bits per heavy atom.